The third kappa shape index (κ3) is 6.31. The molecule has 1 rings (SSSR count). The fraction of sp³-hybridized carbons (Fsp3) is 0.778. The molecule has 1 fully saturated rings. The number of hydrogen-bond acceptors (Lipinski definition) is 4. The Morgan fingerprint density at radius 3 is 2.42 bits per heavy atom. The van der Waals surface area contributed by atoms with Crippen LogP contribution in [0.4, 0.5) is 0 Å². The molecule has 1 heterocycles. The van der Waals surface area contributed by atoms with Gasteiger partial charge in [0.1, 0.15) is 12.1 Å². The smallest absolute Gasteiger partial charge is 0.245 e. The SMILES string of the molecule is CCCC[C@H](NC(=O)C(C)(C)C)C(=O)N1CCC[C@H]1C(=O)NCC(N)=O. The standard InChI is InChI=1S/C18H32N4O4/c1-5-6-8-12(21-17(26)18(2,3)4)16(25)22-10-7-9-13(22)15(24)20-11-14(19)23/h12-13H,5-11H2,1-4H3,(H2,19,23)(H,20,24)(H,21,26)/t12-,13-/m0/s1. The number of nitrogens with zero attached hydrogens (tertiary/aromatic N) is 1. The van der Waals surface area contributed by atoms with Gasteiger partial charge in [-0.15, -0.1) is 0 Å². The van der Waals surface area contributed by atoms with Crippen molar-refractivity contribution in [3.8, 4) is 0 Å². The van der Waals surface area contributed by atoms with E-state index in [2.05, 4.69) is 10.6 Å². The highest BCUT2D eigenvalue weighted by Gasteiger charge is 2.38. The number of nitrogens with one attached hydrogen (secondary N) is 2. The van der Waals surface area contributed by atoms with E-state index < -0.39 is 23.4 Å². The highest BCUT2D eigenvalue weighted by Crippen LogP contribution is 2.21. The lowest BCUT2D eigenvalue weighted by Gasteiger charge is -2.30. The van der Waals surface area contributed by atoms with E-state index in [4.69, 9.17) is 5.73 Å². The van der Waals surface area contributed by atoms with Gasteiger partial charge in [0.2, 0.25) is 23.6 Å². The average molecular weight is 368 g/mol. The van der Waals surface area contributed by atoms with Crippen molar-refractivity contribution < 1.29 is 19.2 Å². The summed E-state index contributed by atoms with van der Waals surface area (Å²) in [5.74, 6) is -1.45. The zero-order valence-electron chi connectivity index (χ0n) is 16.3. The summed E-state index contributed by atoms with van der Waals surface area (Å²) < 4.78 is 0. The minimum atomic E-state index is -0.647. The van der Waals surface area contributed by atoms with Crippen LogP contribution in [-0.2, 0) is 19.2 Å². The first-order valence-electron chi connectivity index (χ1n) is 9.25. The van der Waals surface area contributed by atoms with Crippen LogP contribution in [0.2, 0.25) is 0 Å². The number of hydrogen-bond donors (Lipinski definition) is 3. The van der Waals surface area contributed by atoms with Gasteiger partial charge >= 0.3 is 0 Å². The molecule has 0 aliphatic carbocycles. The van der Waals surface area contributed by atoms with E-state index in [1.807, 2.05) is 6.92 Å². The Balaban J connectivity index is 2.85. The van der Waals surface area contributed by atoms with Gasteiger partial charge in [-0.05, 0) is 19.3 Å². The van der Waals surface area contributed by atoms with Crippen molar-refractivity contribution >= 4 is 23.6 Å². The largest absolute Gasteiger partial charge is 0.368 e. The molecule has 2 atom stereocenters. The first-order valence-corrected chi connectivity index (χ1v) is 9.25. The minimum absolute atomic E-state index is 0.194. The van der Waals surface area contributed by atoms with Crippen molar-refractivity contribution in [1.29, 1.82) is 0 Å². The molecule has 8 nitrogen and oxygen atoms in total. The second-order valence-electron chi connectivity index (χ2n) is 7.79. The lowest BCUT2D eigenvalue weighted by molar-refractivity contribution is -0.142. The van der Waals surface area contributed by atoms with Gasteiger partial charge in [-0.3, -0.25) is 19.2 Å². The molecule has 0 aromatic carbocycles. The van der Waals surface area contributed by atoms with E-state index in [0.717, 1.165) is 12.8 Å². The summed E-state index contributed by atoms with van der Waals surface area (Å²) in [6.45, 7) is 7.60. The molecule has 0 bridgehead atoms. The third-order valence-electron chi connectivity index (χ3n) is 4.41. The van der Waals surface area contributed by atoms with Crippen molar-refractivity contribution in [1.82, 2.24) is 15.5 Å². The molecule has 0 unspecified atom stereocenters. The Hall–Kier alpha value is -2.12. The number of amides is 4. The Kier molecular flexibility index (Phi) is 8.05. The third-order valence-corrected chi connectivity index (χ3v) is 4.41. The Morgan fingerprint density at radius 1 is 1.23 bits per heavy atom. The van der Waals surface area contributed by atoms with Crippen molar-refractivity contribution in [3.63, 3.8) is 0 Å². The molecule has 148 valence electrons. The first-order chi connectivity index (χ1) is 12.1. The Bertz CT molecular complexity index is 542. The number of carbonyl (C=O) groups is 4. The van der Waals surface area contributed by atoms with E-state index in [0.29, 0.717) is 25.8 Å². The fourth-order valence-corrected chi connectivity index (χ4v) is 2.84. The van der Waals surface area contributed by atoms with Gasteiger partial charge in [0, 0.05) is 12.0 Å². The number of primary amides is 1. The van der Waals surface area contributed by atoms with Crippen LogP contribution < -0.4 is 16.4 Å². The molecule has 4 amide bonds. The quantitative estimate of drug-likeness (QED) is 0.570. The van der Waals surface area contributed by atoms with E-state index in [1.54, 1.807) is 20.8 Å². The molecular weight excluding hydrogens is 336 g/mol. The summed E-state index contributed by atoms with van der Waals surface area (Å²) in [6, 6.07) is -1.27. The van der Waals surface area contributed by atoms with Crippen LogP contribution in [0.1, 0.15) is 59.8 Å². The van der Waals surface area contributed by atoms with Crippen LogP contribution in [0, 0.1) is 5.41 Å². The summed E-state index contributed by atoms with van der Waals surface area (Å²) in [5, 5.41) is 5.30. The second kappa shape index (κ2) is 9.54. The Labute approximate surface area is 155 Å². The van der Waals surface area contributed by atoms with Crippen LogP contribution in [0.25, 0.3) is 0 Å². The van der Waals surface area contributed by atoms with Crippen molar-refractivity contribution in [2.24, 2.45) is 11.1 Å². The van der Waals surface area contributed by atoms with Gasteiger partial charge in [-0.25, -0.2) is 0 Å². The zero-order chi connectivity index (χ0) is 19.9. The summed E-state index contributed by atoms with van der Waals surface area (Å²) in [7, 11) is 0. The predicted octanol–water partition coefficient (Wildman–Crippen LogP) is 0.300. The van der Waals surface area contributed by atoms with E-state index in [-0.39, 0.29) is 24.3 Å². The van der Waals surface area contributed by atoms with Crippen molar-refractivity contribution in [2.75, 3.05) is 13.1 Å². The number of likely N-dealkylation sites (tertiary alicyclic amines) is 1. The molecule has 1 saturated heterocycles. The maximum atomic E-state index is 13.0. The molecular formula is C18H32N4O4. The van der Waals surface area contributed by atoms with Gasteiger partial charge in [0.15, 0.2) is 0 Å². The maximum Gasteiger partial charge on any atom is 0.245 e. The summed E-state index contributed by atoms with van der Waals surface area (Å²) >= 11 is 0. The predicted molar refractivity (Wildman–Crippen MR) is 97.8 cm³/mol. The van der Waals surface area contributed by atoms with E-state index in [9.17, 15) is 19.2 Å². The molecule has 8 heteroatoms. The van der Waals surface area contributed by atoms with Crippen molar-refractivity contribution in [2.45, 2.75) is 71.9 Å². The number of rotatable bonds is 8. The average Bonchev–Trinajstić information content (AvgIpc) is 3.04. The number of nitrogens with two attached hydrogens (primary N) is 1. The van der Waals surface area contributed by atoms with Crippen LogP contribution >= 0.6 is 0 Å². The van der Waals surface area contributed by atoms with E-state index in [1.165, 1.54) is 4.90 Å². The second-order valence-corrected chi connectivity index (χ2v) is 7.79. The molecule has 1 aliphatic rings. The van der Waals surface area contributed by atoms with Gasteiger partial charge in [0.25, 0.3) is 0 Å². The minimum Gasteiger partial charge on any atom is -0.368 e. The molecule has 0 radical (unpaired) electrons. The maximum absolute atomic E-state index is 13.0. The van der Waals surface area contributed by atoms with Crippen LogP contribution in [0.15, 0.2) is 0 Å². The molecule has 0 aromatic heterocycles. The van der Waals surface area contributed by atoms with E-state index >= 15 is 0 Å². The molecule has 1 aliphatic heterocycles. The van der Waals surface area contributed by atoms with Crippen LogP contribution in [-0.4, -0.2) is 53.7 Å². The highest BCUT2D eigenvalue weighted by atomic mass is 16.2. The van der Waals surface area contributed by atoms with Crippen LogP contribution in [0.3, 0.4) is 0 Å². The highest BCUT2D eigenvalue weighted by molar-refractivity contribution is 5.94. The summed E-state index contributed by atoms with van der Waals surface area (Å²) in [4.78, 5) is 50.0. The topological polar surface area (TPSA) is 122 Å². The van der Waals surface area contributed by atoms with Crippen LogP contribution in [0.5, 0.6) is 0 Å². The summed E-state index contributed by atoms with van der Waals surface area (Å²) in [5.41, 5.74) is 4.45. The van der Waals surface area contributed by atoms with Gasteiger partial charge < -0.3 is 21.3 Å². The lowest BCUT2D eigenvalue weighted by Crippen LogP contribution is -2.55. The van der Waals surface area contributed by atoms with Gasteiger partial charge in [-0.1, -0.05) is 40.5 Å². The molecule has 4 N–H and O–H groups in total. The number of unbranched alkanes of at least 4 members (excludes halogenated alkanes) is 1. The zero-order valence-corrected chi connectivity index (χ0v) is 16.3. The molecule has 26 heavy (non-hydrogen) atoms. The normalized spacial score (nSPS) is 18.3. The Morgan fingerprint density at radius 2 is 1.88 bits per heavy atom. The number of carbonyl (C=O) groups excluding carboxylic acids is 4. The van der Waals surface area contributed by atoms with Gasteiger partial charge in [0.05, 0.1) is 6.54 Å². The lowest BCUT2D eigenvalue weighted by atomic mass is 9.94. The monoisotopic (exact) mass is 368 g/mol. The fourth-order valence-electron chi connectivity index (χ4n) is 2.84. The van der Waals surface area contributed by atoms with Gasteiger partial charge in [-0.2, -0.15) is 0 Å². The van der Waals surface area contributed by atoms with Crippen molar-refractivity contribution in [3.05, 3.63) is 0 Å². The molecule has 0 saturated carbocycles. The molecule has 0 aromatic rings. The first kappa shape index (κ1) is 21.9. The summed E-state index contributed by atoms with van der Waals surface area (Å²) in [6.07, 6.45) is 3.46. The molecule has 0 spiro atoms.